The molecule has 0 saturated heterocycles. The number of carbonyl (C=O) groups is 2. The fraction of sp³-hybridized carbons (Fsp3) is 0.588. The van der Waals surface area contributed by atoms with Crippen molar-refractivity contribution in [1.29, 1.82) is 0 Å². The molecule has 0 saturated carbocycles. The van der Waals surface area contributed by atoms with E-state index in [0.717, 1.165) is 49.7 Å². The van der Waals surface area contributed by atoms with E-state index in [2.05, 4.69) is 27.7 Å². The predicted octanol–water partition coefficient (Wildman–Crippen LogP) is 8.22. The van der Waals surface area contributed by atoms with Gasteiger partial charge in [-0.1, -0.05) is 127 Å². The Bertz CT molecular complexity index is 816. The van der Waals surface area contributed by atoms with Gasteiger partial charge in [0, 0.05) is 0 Å². The van der Waals surface area contributed by atoms with E-state index >= 15 is 0 Å². The minimum absolute atomic E-state index is 0.299. The van der Waals surface area contributed by atoms with Gasteiger partial charge in [0.25, 0.3) is 0 Å². The molecule has 0 fully saturated rings. The first-order valence-electron chi connectivity index (χ1n) is 14.8. The Balaban J connectivity index is 2.10. The Morgan fingerprint density at radius 2 is 0.921 bits per heavy atom. The molecule has 4 nitrogen and oxygen atoms in total. The molecule has 210 valence electrons. The summed E-state index contributed by atoms with van der Waals surface area (Å²) in [5, 5.41) is 0. The van der Waals surface area contributed by atoms with Gasteiger partial charge in [-0.15, -0.1) is 0 Å². The Morgan fingerprint density at radius 3 is 1.26 bits per heavy atom. The third kappa shape index (κ3) is 13.3. The summed E-state index contributed by atoms with van der Waals surface area (Å²) in [5.74, 6) is -0.413. The fourth-order valence-corrected chi connectivity index (χ4v) is 4.74. The second-order valence-corrected chi connectivity index (χ2v) is 11.4. The van der Waals surface area contributed by atoms with Crippen molar-refractivity contribution in [2.45, 2.75) is 91.9 Å². The molecular weight excluding hydrogens is 472 g/mol. The number of rotatable bonds is 19. The van der Waals surface area contributed by atoms with Crippen LogP contribution in [0.4, 0.5) is 0 Å². The van der Waals surface area contributed by atoms with Crippen molar-refractivity contribution in [3.63, 3.8) is 0 Å². The lowest BCUT2D eigenvalue weighted by Gasteiger charge is -2.25. The molecule has 0 spiro atoms. The average molecular weight is 523 g/mol. The molecule has 4 heteroatoms. The van der Waals surface area contributed by atoms with Gasteiger partial charge in [-0.3, -0.25) is 9.59 Å². The maximum Gasteiger partial charge on any atom is 0.310 e. The third-order valence-corrected chi connectivity index (χ3v) is 7.03. The largest absolute Gasteiger partial charge is 0.465 e. The van der Waals surface area contributed by atoms with Crippen molar-refractivity contribution in [3.8, 4) is 0 Å². The van der Waals surface area contributed by atoms with E-state index in [-0.39, 0.29) is 11.9 Å². The number of hydrogen-bond acceptors (Lipinski definition) is 4. The van der Waals surface area contributed by atoms with E-state index in [4.69, 9.17) is 9.47 Å². The summed E-state index contributed by atoms with van der Waals surface area (Å²) in [6.07, 6.45) is 9.34. The van der Waals surface area contributed by atoms with Crippen molar-refractivity contribution in [3.05, 3.63) is 71.8 Å². The predicted molar refractivity (Wildman–Crippen MR) is 156 cm³/mol. The van der Waals surface area contributed by atoms with Crippen molar-refractivity contribution >= 4 is 11.9 Å². The zero-order chi connectivity index (χ0) is 27.6. The second-order valence-electron chi connectivity index (χ2n) is 11.4. The molecule has 2 rings (SSSR count). The molecule has 38 heavy (non-hydrogen) atoms. The van der Waals surface area contributed by atoms with Gasteiger partial charge in [0.2, 0.25) is 0 Å². The van der Waals surface area contributed by atoms with E-state index in [1.807, 2.05) is 60.7 Å². The number of ether oxygens (including phenoxy) is 2. The van der Waals surface area contributed by atoms with Crippen LogP contribution in [0.15, 0.2) is 60.7 Å². The quantitative estimate of drug-likeness (QED) is 0.138. The van der Waals surface area contributed by atoms with Crippen molar-refractivity contribution in [2.75, 3.05) is 13.2 Å². The first-order valence-corrected chi connectivity index (χ1v) is 14.8. The van der Waals surface area contributed by atoms with Crippen LogP contribution >= 0.6 is 0 Å². The lowest BCUT2D eigenvalue weighted by Crippen LogP contribution is -2.36. The highest BCUT2D eigenvalue weighted by atomic mass is 16.5. The number of hydrogen-bond donors (Lipinski definition) is 0. The zero-order valence-corrected chi connectivity index (χ0v) is 24.2. The van der Waals surface area contributed by atoms with Gasteiger partial charge >= 0.3 is 11.9 Å². The molecule has 0 aliphatic rings. The molecule has 0 aliphatic heterocycles. The second kappa shape index (κ2) is 18.6. The molecule has 0 heterocycles. The highest BCUT2D eigenvalue weighted by molar-refractivity contribution is 5.82. The van der Waals surface area contributed by atoms with Crippen LogP contribution in [0.2, 0.25) is 0 Å². The standard InChI is InChI=1S/C34H50O4/c1-27(2)17-9-7-15-23-37-33(35)31(25-29-19-11-5-12-20-29)32(26-30-21-13-6-14-22-30)34(36)38-24-16-8-10-18-28(3)4/h5-6,11-14,19-22,27-28,31-32H,7-10,15-18,23-26H2,1-4H3. The molecule has 0 radical (unpaired) electrons. The van der Waals surface area contributed by atoms with Crippen LogP contribution in [0.3, 0.4) is 0 Å². The summed E-state index contributed by atoms with van der Waals surface area (Å²) >= 11 is 0. The zero-order valence-electron chi connectivity index (χ0n) is 24.2. The van der Waals surface area contributed by atoms with E-state index in [1.165, 1.54) is 12.8 Å². The average Bonchev–Trinajstić information content (AvgIpc) is 2.90. The minimum atomic E-state index is -0.596. The molecule has 2 atom stereocenters. The fourth-order valence-electron chi connectivity index (χ4n) is 4.74. The molecule has 2 aromatic carbocycles. The van der Waals surface area contributed by atoms with Gasteiger partial charge in [-0.05, 0) is 48.6 Å². The van der Waals surface area contributed by atoms with Crippen LogP contribution in [0.25, 0.3) is 0 Å². The Kier molecular flexibility index (Phi) is 15.5. The van der Waals surface area contributed by atoms with Gasteiger partial charge in [0.1, 0.15) is 0 Å². The summed E-state index contributed by atoms with van der Waals surface area (Å²) in [5.41, 5.74) is 2.04. The van der Waals surface area contributed by atoms with Crippen LogP contribution in [0, 0.1) is 23.7 Å². The van der Waals surface area contributed by atoms with Gasteiger partial charge in [0.15, 0.2) is 0 Å². The third-order valence-electron chi connectivity index (χ3n) is 7.03. The van der Waals surface area contributed by atoms with Gasteiger partial charge in [-0.25, -0.2) is 0 Å². The van der Waals surface area contributed by atoms with Crippen molar-refractivity contribution in [1.82, 2.24) is 0 Å². The minimum Gasteiger partial charge on any atom is -0.465 e. The molecule has 0 bridgehead atoms. The highest BCUT2D eigenvalue weighted by Gasteiger charge is 2.36. The Labute approximate surface area is 231 Å². The maximum atomic E-state index is 13.5. The molecular formula is C34H50O4. The van der Waals surface area contributed by atoms with Gasteiger partial charge in [0.05, 0.1) is 25.0 Å². The topological polar surface area (TPSA) is 52.6 Å². The summed E-state index contributed by atoms with van der Waals surface area (Å²) in [7, 11) is 0. The maximum absolute atomic E-state index is 13.5. The number of esters is 2. The van der Waals surface area contributed by atoms with Crippen molar-refractivity contribution in [2.24, 2.45) is 23.7 Å². The van der Waals surface area contributed by atoms with E-state index < -0.39 is 11.8 Å². The van der Waals surface area contributed by atoms with Gasteiger partial charge in [-0.2, -0.15) is 0 Å². The number of benzene rings is 2. The molecule has 0 N–H and O–H groups in total. The molecule has 2 unspecified atom stereocenters. The molecule has 0 amide bonds. The Morgan fingerprint density at radius 1 is 0.553 bits per heavy atom. The number of unbranched alkanes of at least 4 members (excludes halogenated alkanes) is 4. The molecule has 0 aromatic heterocycles. The molecule has 2 aromatic rings. The van der Waals surface area contributed by atoms with Crippen LogP contribution in [0.5, 0.6) is 0 Å². The first kappa shape index (κ1) is 31.6. The summed E-state index contributed by atoms with van der Waals surface area (Å²) in [4.78, 5) is 26.9. The van der Waals surface area contributed by atoms with E-state index in [0.29, 0.717) is 37.9 Å². The lowest BCUT2D eigenvalue weighted by atomic mass is 9.82. The summed E-state index contributed by atoms with van der Waals surface area (Å²) < 4.78 is 11.6. The van der Waals surface area contributed by atoms with Crippen molar-refractivity contribution < 1.29 is 19.1 Å². The Hall–Kier alpha value is -2.62. The monoisotopic (exact) mass is 522 g/mol. The van der Waals surface area contributed by atoms with E-state index in [1.54, 1.807) is 0 Å². The van der Waals surface area contributed by atoms with Crippen LogP contribution in [-0.4, -0.2) is 25.2 Å². The first-order chi connectivity index (χ1) is 18.4. The SMILES string of the molecule is CC(C)CCCCCOC(=O)C(Cc1ccccc1)C(Cc1ccccc1)C(=O)OCCCCCC(C)C. The lowest BCUT2D eigenvalue weighted by molar-refractivity contribution is -0.161. The van der Waals surface area contributed by atoms with Crippen LogP contribution in [0.1, 0.15) is 90.2 Å². The summed E-state index contributed by atoms with van der Waals surface area (Å²) in [6, 6.07) is 19.8. The normalized spacial score (nSPS) is 12.9. The summed E-state index contributed by atoms with van der Waals surface area (Å²) in [6.45, 7) is 9.70. The number of carbonyl (C=O) groups excluding carboxylic acids is 2. The highest BCUT2D eigenvalue weighted by Crippen LogP contribution is 2.26. The van der Waals surface area contributed by atoms with E-state index in [9.17, 15) is 9.59 Å². The van der Waals surface area contributed by atoms with Crippen LogP contribution < -0.4 is 0 Å². The van der Waals surface area contributed by atoms with Gasteiger partial charge < -0.3 is 9.47 Å². The molecule has 0 aliphatic carbocycles. The van der Waals surface area contributed by atoms with Crippen LogP contribution in [-0.2, 0) is 31.9 Å². The smallest absolute Gasteiger partial charge is 0.310 e.